The molecule has 0 aromatic rings. The summed E-state index contributed by atoms with van der Waals surface area (Å²) in [5, 5.41) is 10.6. The predicted molar refractivity (Wildman–Crippen MR) is 57.4 cm³/mol. The van der Waals surface area contributed by atoms with Gasteiger partial charge in [-0.15, -0.1) is 0 Å². The Labute approximate surface area is 103 Å². The van der Waals surface area contributed by atoms with E-state index in [9.17, 15) is 18.0 Å². The van der Waals surface area contributed by atoms with Gasteiger partial charge in [0, 0.05) is 13.7 Å². The molecule has 0 aliphatic rings. The van der Waals surface area contributed by atoms with Gasteiger partial charge in [0.15, 0.2) is 0 Å². The van der Waals surface area contributed by atoms with Crippen LogP contribution in [-0.2, 0) is 14.3 Å². The summed E-state index contributed by atoms with van der Waals surface area (Å²) < 4.78 is 47.4. The number of hydrogen-bond acceptors (Lipinski definition) is 4. The zero-order valence-corrected chi connectivity index (χ0v) is 10.3. The van der Waals surface area contributed by atoms with E-state index >= 15 is 0 Å². The number of hydrogen-bond donors (Lipinski definition) is 2. The van der Waals surface area contributed by atoms with Crippen LogP contribution in [0.5, 0.6) is 0 Å². The maximum atomic E-state index is 12.5. The Hall–Kier alpha value is -0.860. The summed E-state index contributed by atoms with van der Waals surface area (Å²) in [7, 11) is 1.51. The van der Waals surface area contributed by atoms with E-state index in [0.29, 0.717) is 20.1 Å². The van der Waals surface area contributed by atoms with Gasteiger partial charge in [0.25, 0.3) is 0 Å². The third-order valence-corrected chi connectivity index (χ3v) is 2.37. The SMILES string of the molecule is COCCOCCCNC(C)(C(=O)O)C(F)(F)F. The maximum Gasteiger partial charge on any atom is 0.417 e. The Kier molecular flexibility index (Phi) is 7.19. The van der Waals surface area contributed by atoms with Crippen LogP contribution in [0.4, 0.5) is 13.2 Å². The fourth-order valence-corrected chi connectivity index (χ4v) is 1.05. The number of rotatable bonds is 9. The fourth-order valence-electron chi connectivity index (χ4n) is 1.05. The van der Waals surface area contributed by atoms with Crippen molar-refractivity contribution in [2.24, 2.45) is 0 Å². The van der Waals surface area contributed by atoms with Crippen molar-refractivity contribution in [3.8, 4) is 0 Å². The summed E-state index contributed by atoms with van der Waals surface area (Å²) in [5.74, 6) is -1.95. The van der Waals surface area contributed by atoms with E-state index in [4.69, 9.17) is 14.6 Å². The average Bonchev–Trinajstić information content (AvgIpc) is 2.25. The minimum atomic E-state index is -4.85. The van der Waals surface area contributed by atoms with Crippen LogP contribution in [0.1, 0.15) is 13.3 Å². The lowest BCUT2D eigenvalue weighted by atomic mass is 10.0. The van der Waals surface area contributed by atoms with E-state index < -0.39 is 17.7 Å². The highest BCUT2D eigenvalue weighted by Crippen LogP contribution is 2.30. The Balaban J connectivity index is 3.97. The summed E-state index contributed by atoms with van der Waals surface area (Å²) in [4.78, 5) is 10.6. The smallest absolute Gasteiger partial charge is 0.417 e. The Bertz CT molecular complexity index is 260. The van der Waals surface area contributed by atoms with Gasteiger partial charge in [0.1, 0.15) is 0 Å². The number of alkyl halides is 3. The molecule has 0 aliphatic heterocycles. The van der Waals surface area contributed by atoms with Gasteiger partial charge in [-0.3, -0.25) is 5.32 Å². The van der Waals surface area contributed by atoms with Gasteiger partial charge in [0.05, 0.1) is 13.2 Å². The van der Waals surface area contributed by atoms with Crippen LogP contribution >= 0.6 is 0 Å². The Morgan fingerprint density at radius 3 is 2.33 bits per heavy atom. The van der Waals surface area contributed by atoms with Gasteiger partial charge in [-0.1, -0.05) is 0 Å². The second kappa shape index (κ2) is 7.55. The topological polar surface area (TPSA) is 67.8 Å². The number of nitrogens with one attached hydrogen (secondary N) is 1. The lowest BCUT2D eigenvalue weighted by Gasteiger charge is -2.28. The lowest BCUT2D eigenvalue weighted by molar-refractivity contribution is -0.205. The first-order valence-corrected chi connectivity index (χ1v) is 5.37. The molecular weight excluding hydrogens is 255 g/mol. The molecule has 2 N–H and O–H groups in total. The van der Waals surface area contributed by atoms with Crippen LogP contribution in [0, 0.1) is 0 Å². The van der Waals surface area contributed by atoms with Gasteiger partial charge in [-0.05, 0) is 19.9 Å². The van der Waals surface area contributed by atoms with E-state index in [1.807, 2.05) is 5.32 Å². The summed E-state index contributed by atoms with van der Waals surface area (Å²) in [5.41, 5.74) is -2.93. The van der Waals surface area contributed by atoms with Crippen molar-refractivity contribution in [2.45, 2.75) is 25.1 Å². The number of halogens is 3. The molecule has 1 atom stereocenters. The molecule has 0 saturated heterocycles. The number of carboxylic acid groups (broad SMARTS) is 1. The molecule has 0 aromatic carbocycles. The monoisotopic (exact) mass is 273 g/mol. The molecule has 0 fully saturated rings. The van der Waals surface area contributed by atoms with Crippen molar-refractivity contribution >= 4 is 5.97 Å². The predicted octanol–water partition coefficient (Wildman–Crippen LogP) is 1.03. The van der Waals surface area contributed by atoms with Crippen LogP contribution in [0.25, 0.3) is 0 Å². The Morgan fingerprint density at radius 2 is 1.89 bits per heavy atom. The van der Waals surface area contributed by atoms with Crippen molar-refractivity contribution in [2.75, 3.05) is 33.5 Å². The van der Waals surface area contributed by atoms with Crippen LogP contribution in [0.15, 0.2) is 0 Å². The van der Waals surface area contributed by atoms with Crippen LogP contribution in [-0.4, -0.2) is 56.3 Å². The van der Waals surface area contributed by atoms with E-state index in [1.54, 1.807) is 0 Å². The number of ether oxygens (including phenoxy) is 2. The molecule has 18 heavy (non-hydrogen) atoms. The number of carboxylic acids is 1. The van der Waals surface area contributed by atoms with Crippen LogP contribution in [0.2, 0.25) is 0 Å². The van der Waals surface area contributed by atoms with Gasteiger partial charge >= 0.3 is 12.1 Å². The maximum absolute atomic E-state index is 12.5. The molecular formula is C10H18F3NO4. The van der Waals surface area contributed by atoms with Gasteiger partial charge in [0.2, 0.25) is 5.54 Å². The molecule has 1 unspecified atom stereocenters. The molecule has 108 valence electrons. The summed E-state index contributed by atoms with van der Waals surface area (Å²) >= 11 is 0. The van der Waals surface area contributed by atoms with E-state index in [2.05, 4.69) is 0 Å². The molecule has 0 spiro atoms. The molecule has 0 saturated carbocycles. The van der Waals surface area contributed by atoms with Gasteiger partial charge in [-0.2, -0.15) is 13.2 Å². The standard InChI is InChI=1S/C10H18F3NO4/c1-9(8(15)16,10(11,12)13)14-4-3-5-18-7-6-17-2/h14H,3-7H2,1-2H3,(H,15,16). The summed E-state index contributed by atoms with van der Waals surface area (Å²) in [6.45, 7) is 1.50. The number of aliphatic carboxylic acids is 1. The molecule has 5 nitrogen and oxygen atoms in total. The highest BCUT2D eigenvalue weighted by atomic mass is 19.4. The molecule has 8 heteroatoms. The molecule has 0 aromatic heterocycles. The number of methoxy groups -OCH3 is 1. The highest BCUT2D eigenvalue weighted by Gasteiger charge is 2.56. The first-order valence-electron chi connectivity index (χ1n) is 5.37. The van der Waals surface area contributed by atoms with Crippen molar-refractivity contribution in [1.29, 1.82) is 0 Å². The normalized spacial score (nSPS) is 15.4. The van der Waals surface area contributed by atoms with Crippen molar-refractivity contribution in [3.63, 3.8) is 0 Å². The molecule has 0 rings (SSSR count). The molecule has 0 heterocycles. The van der Waals surface area contributed by atoms with Gasteiger partial charge in [-0.25, -0.2) is 4.79 Å². The van der Waals surface area contributed by atoms with Crippen molar-refractivity contribution < 1.29 is 32.5 Å². The zero-order chi connectivity index (χ0) is 14.2. The van der Waals surface area contributed by atoms with Crippen molar-refractivity contribution in [1.82, 2.24) is 5.32 Å². The summed E-state index contributed by atoms with van der Waals surface area (Å²) in [6, 6.07) is 0. The fraction of sp³-hybridized carbons (Fsp3) is 0.900. The highest BCUT2D eigenvalue weighted by molar-refractivity contribution is 5.79. The average molecular weight is 273 g/mol. The summed E-state index contributed by atoms with van der Waals surface area (Å²) in [6.07, 6.45) is -4.57. The van der Waals surface area contributed by atoms with Crippen LogP contribution < -0.4 is 5.32 Å². The van der Waals surface area contributed by atoms with Crippen molar-refractivity contribution in [3.05, 3.63) is 0 Å². The van der Waals surface area contributed by atoms with Gasteiger partial charge < -0.3 is 14.6 Å². The zero-order valence-electron chi connectivity index (χ0n) is 10.3. The molecule has 0 radical (unpaired) electrons. The third kappa shape index (κ3) is 5.19. The first kappa shape index (κ1) is 17.1. The molecule has 0 amide bonds. The van der Waals surface area contributed by atoms with Crippen LogP contribution in [0.3, 0.4) is 0 Å². The second-order valence-corrected chi connectivity index (χ2v) is 3.81. The van der Waals surface area contributed by atoms with E-state index in [1.165, 1.54) is 7.11 Å². The molecule has 0 aliphatic carbocycles. The first-order chi connectivity index (χ1) is 8.25. The second-order valence-electron chi connectivity index (χ2n) is 3.81. The third-order valence-electron chi connectivity index (χ3n) is 2.37. The molecule has 0 bridgehead atoms. The minimum Gasteiger partial charge on any atom is -0.480 e. The quantitative estimate of drug-likeness (QED) is 0.614. The number of carbonyl (C=O) groups is 1. The van der Waals surface area contributed by atoms with E-state index in [-0.39, 0.29) is 19.6 Å². The lowest BCUT2D eigenvalue weighted by Crippen LogP contribution is -2.60. The minimum absolute atomic E-state index is 0.102. The van der Waals surface area contributed by atoms with E-state index in [0.717, 1.165) is 0 Å². The Morgan fingerprint density at radius 1 is 1.28 bits per heavy atom. The largest absolute Gasteiger partial charge is 0.480 e.